The summed E-state index contributed by atoms with van der Waals surface area (Å²) in [6.07, 6.45) is 3.39. The number of rotatable bonds is 3. The van der Waals surface area contributed by atoms with Crippen LogP contribution in [-0.2, 0) is 0 Å². The van der Waals surface area contributed by atoms with E-state index in [0.29, 0.717) is 28.3 Å². The van der Waals surface area contributed by atoms with E-state index in [9.17, 15) is 4.79 Å². The normalized spacial score (nSPS) is 9.62. The quantitative estimate of drug-likeness (QED) is 0.857. The van der Waals surface area contributed by atoms with Gasteiger partial charge in [-0.15, -0.1) is 0 Å². The Hall–Kier alpha value is -2.35. The number of hydrogen-bond donors (Lipinski definition) is 2. The van der Waals surface area contributed by atoms with E-state index in [0.717, 1.165) is 0 Å². The summed E-state index contributed by atoms with van der Waals surface area (Å²) in [4.78, 5) is 16.3. The van der Waals surface area contributed by atoms with Gasteiger partial charge in [0.2, 0.25) is 0 Å². The average molecular weight is 301 g/mol. The van der Waals surface area contributed by atoms with E-state index in [2.05, 4.69) is 22.1 Å². The first-order valence-corrected chi connectivity index (χ1v) is 6.70. The zero-order chi connectivity index (χ0) is 15.1. The minimum atomic E-state index is -0.307. The van der Waals surface area contributed by atoms with Crippen LogP contribution in [0.5, 0.6) is 0 Å². The third-order valence-corrected chi connectivity index (χ3v) is 2.98. The molecule has 0 radical (unpaired) electrons. The van der Waals surface area contributed by atoms with Crippen LogP contribution in [0.1, 0.15) is 22.3 Å². The van der Waals surface area contributed by atoms with E-state index in [1.54, 1.807) is 30.3 Å². The lowest BCUT2D eigenvalue weighted by molar-refractivity contribution is 0.102. The van der Waals surface area contributed by atoms with E-state index in [1.807, 2.05) is 0 Å². The van der Waals surface area contributed by atoms with Gasteiger partial charge in [-0.3, -0.25) is 9.78 Å². The highest BCUT2D eigenvalue weighted by atomic mass is 35.5. The zero-order valence-electron chi connectivity index (χ0n) is 11.1. The molecule has 0 aliphatic carbocycles. The summed E-state index contributed by atoms with van der Waals surface area (Å²) in [5.74, 6) is 5.30. The molecule has 21 heavy (non-hydrogen) atoms. The smallest absolute Gasteiger partial charge is 0.257 e. The maximum Gasteiger partial charge on any atom is 0.257 e. The Balaban J connectivity index is 2.24. The Bertz CT molecular complexity index is 705. The molecule has 0 spiro atoms. The summed E-state index contributed by atoms with van der Waals surface area (Å²) < 4.78 is 0. The van der Waals surface area contributed by atoms with Gasteiger partial charge in [0.1, 0.15) is 0 Å². The van der Waals surface area contributed by atoms with Crippen LogP contribution in [0.15, 0.2) is 42.7 Å². The number of pyridine rings is 1. The molecule has 0 aliphatic heterocycles. The number of anilines is 1. The molecule has 2 aromatic rings. The Morgan fingerprint density at radius 1 is 1.33 bits per heavy atom. The Kier molecular flexibility index (Phi) is 5.33. The lowest BCUT2D eigenvalue weighted by Gasteiger charge is -2.08. The molecule has 0 atom stereocenters. The second-order valence-electron chi connectivity index (χ2n) is 4.13. The van der Waals surface area contributed by atoms with Gasteiger partial charge in [-0.05, 0) is 18.2 Å². The SMILES string of the molecule is O=C(Nc1ccccc1Cl)c1ccncc1C#CCCO. The lowest BCUT2D eigenvalue weighted by atomic mass is 10.1. The Labute approximate surface area is 127 Å². The number of hydrogen-bond acceptors (Lipinski definition) is 3. The first-order valence-electron chi connectivity index (χ1n) is 6.32. The maximum absolute atomic E-state index is 12.3. The van der Waals surface area contributed by atoms with Crippen molar-refractivity contribution in [1.29, 1.82) is 0 Å². The molecule has 0 fully saturated rings. The largest absolute Gasteiger partial charge is 0.395 e. The molecule has 4 nitrogen and oxygen atoms in total. The van der Waals surface area contributed by atoms with Crippen LogP contribution in [0.4, 0.5) is 5.69 Å². The molecule has 0 bridgehead atoms. The summed E-state index contributed by atoms with van der Waals surface area (Å²) >= 11 is 6.02. The van der Waals surface area contributed by atoms with Gasteiger partial charge >= 0.3 is 0 Å². The number of aliphatic hydroxyl groups is 1. The van der Waals surface area contributed by atoms with Gasteiger partial charge in [-0.2, -0.15) is 0 Å². The molecule has 1 aromatic carbocycles. The van der Waals surface area contributed by atoms with E-state index in [-0.39, 0.29) is 12.5 Å². The molecule has 2 rings (SSSR count). The molecule has 0 aliphatic rings. The van der Waals surface area contributed by atoms with Crippen molar-refractivity contribution in [2.24, 2.45) is 0 Å². The number of amides is 1. The van der Waals surface area contributed by atoms with Gasteiger partial charge in [-0.25, -0.2) is 0 Å². The van der Waals surface area contributed by atoms with Crippen molar-refractivity contribution in [2.75, 3.05) is 11.9 Å². The van der Waals surface area contributed by atoms with Crippen LogP contribution in [0.2, 0.25) is 5.02 Å². The molecule has 2 N–H and O–H groups in total. The molecule has 0 unspecified atom stereocenters. The summed E-state index contributed by atoms with van der Waals surface area (Å²) in [5.41, 5.74) is 1.46. The topological polar surface area (TPSA) is 62.2 Å². The second kappa shape index (κ2) is 7.44. The first kappa shape index (κ1) is 15.0. The molecule has 5 heteroatoms. The first-order chi connectivity index (χ1) is 10.2. The fraction of sp³-hybridized carbons (Fsp3) is 0.125. The molecular formula is C16H13ClN2O2. The standard InChI is InChI=1S/C16H13ClN2O2/c17-14-6-1-2-7-15(14)19-16(21)13-8-9-18-11-12(13)5-3-4-10-20/h1-2,6-9,11,20H,4,10H2,(H,19,21). The van der Waals surface area contributed by atoms with Crippen molar-refractivity contribution < 1.29 is 9.90 Å². The third-order valence-electron chi connectivity index (χ3n) is 2.65. The number of para-hydroxylation sites is 1. The van der Waals surface area contributed by atoms with Crippen LogP contribution in [0.3, 0.4) is 0 Å². The fourth-order valence-electron chi connectivity index (χ4n) is 1.66. The predicted octanol–water partition coefficient (Wildman–Crippen LogP) is 2.72. The number of nitrogens with one attached hydrogen (secondary N) is 1. The van der Waals surface area contributed by atoms with E-state index in [1.165, 1.54) is 12.4 Å². The fourth-order valence-corrected chi connectivity index (χ4v) is 1.84. The average Bonchev–Trinajstić information content (AvgIpc) is 2.50. The van der Waals surface area contributed by atoms with Gasteiger partial charge in [0.25, 0.3) is 5.91 Å². The molecule has 0 saturated heterocycles. The number of aliphatic hydroxyl groups excluding tert-OH is 1. The number of halogens is 1. The van der Waals surface area contributed by atoms with Crippen LogP contribution in [-0.4, -0.2) is 22.6 Å². The van der Waals surface area contributed by atoms with Gasteiger partial charge in [0.15, 0.2) is 0 Å². The number of nitrogens with zero attached hydrogens (tertiary/aromatic N) is 1. The van der Waals surface area contributed by atoms with E-state index >= 15 is 0 Å². The minimum absolute atomic E-state index is 0.0194. The van der Waals surface area contributed by atoms with Crippen LogP contribution < -0.4 is 5.32 Å². The van der Waals surface area contributed by atoms with Gasteiger partial charge in [0, 0.05) is 18.8 Å². The third kappa shape index (κ3) is 4.06. The minimum Gasteiger partial charge on any atom is -0.395 e. The van der Waals surface area contributed by atoms with Crippen molar-refractivity contribution in [3.63, 3.8) is 0 Å². The van der Waals surface area contributed by atoms with Crippen molar-refractivity contribution in [1.82, 2.24) is 4.98 Å². The Morgan fingerprint density at radius 2 is 2.14 bits per heavy atom. The highest BCUT2D eigenvalue weighted by Gasteiger charge is 2.11. The Morgan fingerprint density at radius 3 is 2.90 bits per heavy atom. The van der Waals surface area contributed by atoms with Crippen LogP contribution in [0, 0.1) is 11.8 Å². The molecule has 106 valence electrons. The maximum atomic E-state index is 12.3. The summed E-state index contributed by atoms with van der Waals surface area (Å²) in [6, 6.07) is 8.59. The molecular weight excluding hydrogens is 288 g/mol. The summed E-state index contributed by atoms with van der Waals surface area (Å²) in [5, 5.41) is 11.9. The summed E-state index contributed by atoms with van der Waals surface area (Å²) in [7, 11) is 0. The van der Waals surface area contributed by atoms with E-state index in [4.69, 9.17) is 16.7 Å². The number of carbonyl (C=O) groups excluding carboxylic acids is 1. The second-order valence-corrected chi connectivity index (χ2v) is 4.54. The van der Waals surface area contributed by atoms with Crippen LogP contribution >= 0.6 is 11.6 Å². The summed E-state index contributed by atoms with van der Waals surface area (Å²) in [6.45, 7) is -0.0194. The van der Waals surface area contributed by atoms with Crippen molar-refractivity contribution in [2.45, 2.75) is 6.42 Å². The number of aromatic nitrogens is 1. The lowest BCUT2D eigenvalue weighted by Crippen LogP contribution is -2.14. The molecule has 1 amide bonds. The number of benzene rings is 1. The highest BCUT2D eigenvalue weighted by Crippen LogP contribution is 2.21. The number of carbonyl (C=O) groups is 1. The monoisotopic (exact) mass is 300 g/mol. The van der Waals surface area contributed by atoms with Crippen LogP contribution in [0.25, 0.3) is 0 Å². The molecule has 0 saturated carbocycles. The molecule has 1 aromatic heterocycles. The van der Waals surface area contributed by atoms with Crippen molar-refractivity contribution >= 4 is 23.2 Å². The predicted molar refractivity (Wildman–Crippen MR) is 82.2 cm³/mol. The van der Waals surface area contributed by atoms with Gasteiger partial charge < -0.3 is 10.4 Å². The van der Waals surface area contributed by atoms with Gasteiger partial charge in [0.05, 0.1) is 28.4 Å². The van der Waals surface area contributed by atoms with Crippen molar-refractivity contribution in [3.8, 4) is 11.8 Å². The van der Waals surface area contributed by atoms with E-state index < -0.39 is 0 Å². The zero-order valence-corrected chi connectivity index (χ0v) is 11.9. The highest BCUT2D eigenvalue weighted by molar-refractivity contribution is 6.33. The molecule has 1 heterocycles. The van der Waals surface area contributed by atoms with Crippen molar-refractivity contribution in [3.05, 3.63) is 58.9 Å². The van der Waals surface area contributed by atoms with Gasteiger partial charge in [-0.1, -0.05) is 35.6 Å².